The van der Waals surface area contributed by atoms with Crippen LogP contribution in [0.1, 0.15) is 22.3 Å². The first-order valence-electron chi connectivity index (χ1n) is 10.6. The number of rotatable bonds is 2. The van der Waals surface area contributed by atoms with Gasteiger partial charge in [0.2, 0.25) is 0 Å². The maximum Gasteiger partial charge on any atom is 0.256 e. The van der Waals surface area contributed by atoms with E-state index in [1.807, 2.05) is 47.4 Å². The Morgan fingerprint density at radius 2 is 1.68 bits per heavy atom. The summed E-state index contributed by atoms with van der Waals surface area (Å²) < 4.78 is 0. The van der Waals surface area contributed by atoms with Gasteiger partial charge in [0.25, 0.3) is 5.91 Å². The van der Waals surface area contributed by atoms with E-state index in [0.717, 1.165) is 34.4 Å². The first-order chi connectivity index (χ1) is 15.2. The Bertz CT molecular complexity index is 1350. The highest BCUT2D eigenvalue weighted by molar-refractivity contribution is 6.10. The van der Waals surface area contributed by atoms with Crippen molar-refractivity contribution in [2.24, 2.45) is 0 Å². The van der Waals surface area contributed by atoms with Crippen molar-refractivity contribution in [1.29, 1.82) is 0 Å². The van der Waals surface area contributed by atoms with Crippen molar-refractivity contribution in [2.45, 2.75) is 18.5 Å². The summed E-state index contributed by atoms with van der Waals surface area (Å²) >= 11 is 0. The number of hydrogen-bond acceptors (Lipinski definition) is 3. The third-order valence-corrected chi connectivity index (χ3v) is 6.60. The first-order valence-corrected chi connectivity index (χ1v) is 10.6. The van der Waals surface area contributed by atoms with E-state index in [1.54, 1.807) is 12.1 Å². The molecule has 0 aromatic heterocycles. The molecule has 6 rings (SSSR count). The predicted molar refractivity (Wildman–Crippen MR) is 122 cm³/mol. The molecule has 4 heteroatoms. The summed E-state index contributed by atoms with van der Waals surface area (Å²) in [6.45, 7) is 1.19. The van der Waals surface area contributed by atoms with Gasteiger partial charge in [0.15, 0.2) is 5.54 Å². The molecular formula is C27H22N2O2. The van der Waals surface area contributed by atoms with Gasteiger partial charge in [-0.15, -0.1) is 0 Å². The summed E-state index contributed by atoms with van der Waals surface area (Å²) in [6.07, 6.45) is 0.783. The molecule has 2 heterocycles. The Morgan fingerprint density at radius 1 is 0.871 bits per heavy atom. The molecule has 2 aliphatic heterocycles. The lowest BCUT2D eigenvalue weighted by atomic mass is 9.78. The van der Waals surface area contributed by atoms with Crippen LogP contribution in [0, 0.1) is 0 Å². The van der Waals surface area contributed by atoms with E-state index in [9.17, 15) is 9.90 Å². The molecular weight excluding hydrogens is 384 g/mol. The molecule has 152 valence electrons. The zero-order valence-electron chi connectivity index (χ0n) is 17.0. The van der Waals surface area contributed by atoms with E-state index in [-0.39, 0.29) is 11.7 Å². The minimum atomic E-state index is -0.908. The van der Waals surface area contributed by atoms with Gasteiger partial charge in [-0.25, -0.2) is 0 Å². The maximum absolute atomic E-state index is 14.1. The van der Waals surface area contributed by atoms with Gasteiger partial charge in [0, 0.05) is 12.1 Å². The topological polar surface area (TPSA) is 52.6 Å². The molecule has 1 amide bonds. The summed E-state index contributed by atoms with van der Waals surface area (Å²) in [7, 11) is 0. The summed E-state index contributed by atoms with van der Waals surface area (Å²) in [5, 5.41) is 15.9. The van der Waals surface area contributed by atoms with Crippen LogP contribution in [0.2, 0.25) is 0 Å². The summed E-state index contributed by atoms with van der Waals surface area (Å²) in [6, 6.07) is 28.1. The van der Waals surface area contributed by atoms with E-state index in [2.05, 4.69) is 35.6 Å². The number of hydrogen-bond donors (Lipinski definition) is 2. The molecule has 4 nitrogen and oxygen atoms in total. The fourth-order valence-electron chi connectivity index (χ4n) is 5.19. The fraction of sp³-hybridized carbons (Fsp3) is 0.148. The van der Waals surface area contributed by atoms with Crippen LogP contribution in [0.3, 0.4) is 0 Å². The second-order valence-electron chi connectivity index (χ2n) is 8.36. The number of amides is 1. The van der Waals surface area contributed by atoms with E-state index in [1.165, 1.54) is 10.8 Å². The lowest BCUT2D eigenvalue weighted by Gasteiger charge is -2.36. The van der Waals surface area contributed by atoms with Gasteiger partial charge in [-0.1, -0.05) is 60.7 Å². The fourth-order valence-corrected chi connectivity index (χ4v) is 5.19. The van der Waals surface area contributed by atoms with Crippen LogP contribution < -0.4 is 10.2 Å². The Hall–Kier alpha value is -3.63. The number of anilines is 1. The van der Waals surface area contributed by atoms with Crippen LogP contribution in [0.15, 0.2) is 84.9 Å². The summed E-state index contributed by atoms with van der Waals surface area (Å²) in [5.74, 6) is 0.274. The Labute approximate surface area is 180 Å². The van der Waals surface area contributed by atoms with Crippen molar-refractivity contribution >= 4 is 22.4 Å². The molecule has 1 spiro atoms. The Balaban J connectivity index is 1.48. The molecule has 0 saturated carbocycles. The average molecular weight is 406 g/mol. The van der Waals surface area contributed by atoms with Crippen LogP contribution in [-0.4, -0.2) is 17.6 Å². The summed E-state index contributed by atoms with van der Waals surface area (Å²) in [5.41, 5.74) is 4.07. The van der Waals surface area contributed by atoms with E-state index in [4.69, 9.17) is 0 Å². The second kappa shape index (κ2) is 6.69. The molecule has 31 heavy (non-hydrogen) atoms. The van der Waals surface area contributed by atoms with Gasteiger partial charge in [-0.05, 0) is 58.1 Å². The average Bonchev–Trinajstić information content (AvgIpc) is 3.02. The van der Waals surface area contributed by atoms with Gasteiger partial charge in [0.05, 0.1) is 12.2 Å². The van der Waals surface area contributed by atoms with Gasteiger partial charge in [-0.2, -0.15) is 0 Å². The minimum absolute atomic E-state index is 0.0356. The number of carbonyl (C=O) groups excluding carboxylic acids is 1. The molecule has 4 aromatic rings. The van der Waals surface area contributed by atoms with Crippen LogP contribution in [0.4, 0.5) is 5.69 Å². The summed E-state index contributed by atoms with van der Waals surface area (Å²) in [4.78, 5) is 16.0. The lowest BCUT2D eigenvalue weighted by Crippen LogP contribution is -2.54. The molecule has 0 saturated heterocycles. The molecule has 2 aliphatic rings. The van der Waals surface area contributed by atoms with Crippen molar-refractivity contribution in [3.63, 3.8) is 0 Å². The third kappa shape index (κ3) is 2.62. The third-order valence-electron chi connectivity index (χ3n) is 6.60. The van der Waals surface area contributed by atoms with E-state index >= 15 is 0 Å². The molecule has 1 atom stereocenters. The Morgan fingerprint density at radius 3 is 2.58 bits per heavy atom. The Kier molecular flexibility index (Phi) is 3.92. The number of aromatic hydroxyl groups is 1. The van der Waals surface area contributed by atoms with Crippen LogP contribution >= 0.6 is 0 Å². The monoisotopic (exact) mass is 406 g/mol. The number of phenols is 1. The largest absolute Gasteiger partial charge is 0.508 e. The zero-order chi connectivity index (χ0) is 21.0. The smallest absolute Gasteiger partial charge is 0.256 e. The molecule has 0 aliphatic carbocycles. The van der Waals surface area contributed by atoms with Crippen molar-refractivity contribution in [3.8, 4) is 5.75 Å². The molecule has 0 radical (unpaired) electrons. The van der Waals surface area contributed by atoms with Crippen molar-refractivity contribution in [2.75, 3.05) is 11.4 Å². The first kappa shape index (κ1) is 18.2. The highest BCUT2D eigenvalue weighted by Crippen LogP contribution is 2.47. The molecule has 4 aromatic carbocycles. The number of nitrogens with one attached hydrogen (secondary N) is 1. The highest BCUT2D eigenvalue weighted by atomic mass is 16.3. The number of carbonyl (C=O) groups is 1. The van der Waals surface area contributed by atoms with Gasteiger partial charge in [0.1, 0.15) is 5.75 Å². The molecule has 1 unspecified atom stereocenters. The predicted octanol–water partition coefficient (Wildman–Crippen LogP) is 4.48. The number of para-hydroxylation sites is 1. The van der Waals surface area contributed by atoms with E-state index in [0.29, 0.717) is 13.1 Å². The van der Waals surface area contributed by atoms with E-state index < -0.39 is 5.54 Å². The second-order valence-corrected chi connectivity index (χ2v) is 8.36. The van der Waals surface area contributed by atoms with Crippen LogP contribution in [0.5, 0.6) is 5.75 Å². The highest BCUT2D eigenvalue weighted by Gasteiger charge is 2.53. The quantitative estimate of drug-likeness (QED) is 0.516. The maximum atomic E-state index is 14.1. The van der Waals surface area contributed by atoms with Crippen molar-refractivity contribution < 1.29 is 9.90 Å². The molecule has 0 fully saturated rings. The number of benzene rings is 4. The van der Waals surface area contributed by atoms with Gasteiger partial charge < -0.3 is 10.0 Å². The van der Waals surface area contributed by atoms with Crippen LogP contribution in [-0.2, 0) is 23.3 Å². The normalized spacial score (nSPS) is 19.6. The number of phenolic OH excluding ortho intramolecular Hbond substituents is 1. The van der Waals surface area contributed by atoms with Crippen molar-refractivity contribution in [3.05, 3.63) is 107 Å². The van der Waals surface area contributed by atoms with Crippen molar-refractivity contribution in [1.82, 2.24) is 5.32 Å². The molecule has 0 bridgehead atoms. The lowest BCUT2D eigenvalue weighted by molar-refractivity contribution is -0.123. The minimum Gasteiger partial charge on any atom is -0.508 e. The number of nitrogens with zero attached hydrogens (tertiary/aromatic N) is 1. The standard InChI is InChI=1S/C27H22N2O2/c30-22-11-12-23-21(16-22)13-14-28-27(23)24-7-3-4-8-25(24)29(26(27)31)17-18-9-10-19-5-1-2-6-20(19)15-18/h1-12,15-16,28,30H,13-14,17H2. The zero-order valence-corrected chi connectivity index (χ0v) is 17.0. The van der Waals surface area contributed by atoms with Gasteiger partial charge in [-0.3, -0.25) is 10.1 Å². The number of fused-ring (bicyclic) bond motifs is 5. The van der Waals surface area contributed by atoms with Gasteiger partial charge >= 0.3 is 0 Å². The molecule has 2 N–H and O–H groups in total. The van der Waals surface area contributed by atoms with Crippen LogP contribution in [0.25, 0.3) is 10.8 Å². The SMILES string of the molecule is O=C1N(Cc2ccc3ccccc3c2)c2ccccc2C12NCCc1cc(O)ccc12.